The Morgan fingerprint density at radius 3 is 2.62 bits per heavy atom. The number of rotatable bonds is 4. The predicted molar refractivity (Wildman–Crippen MR) is 75.8 cm³/mol. The van der Waals surface area contributed by atoms with Gasteiger partial charge in [-0.2, -0.15) is 10.1 Å². The van der Waals surface area contributed by atoms with E-state index in [-0.39, 0.29) is 5.95 Å². The molecule has 0 spiro atoms. The van der Waals surface area contributed by atoms with Gasteiger partial charge in [-0.25, -0.2) is 14.3 Å². The van der Waals surface area contributed by atoms with Gasteiger partial charge in [-0.15, -0.1) is 0 Å². The van der Waals surface area contributed by atoms with Crippen LogP contribution in [0.3, 0.4) is 0 Å². The van der Waals surface area contributed by atoms with Crippen molar-refractivity contribution in [3.63, 3.8) is 0 Å². The van der Waals surface area contributed by atoms with Gasteiger partial charge in [0.15, 0.2) is 0 Å². The minimum atomic E-state index is -1.19. The first-order valence-corrected chi connectivity index (χ1v) is 7.13. The Morgan fingerprint density at radius 2 is 2.14 bits per heavy atom. The molecular formula is C13H21N5O3. The summed E-state index contributed by atoms with van der Waals surface area (Å²) in [6.45, 7) is 2.10. The topological polar surface area (TPSA) is 109 Å². The number of carbonyl (C=O) groups excluding carboxylic acids is 1. The zero-order valence-corrected chi connectivity index (χ0v) is 12.3. The molecule has 8 nitrogen and oxygen atoms in total. The monoisotopic (exact) mass is 295 g/mol. The van der Waals surface area contributed by atoms with Crippen LogP contribution in [0.1, 0.15) is 39.0 Å². The number of carbonyl (C=O) groups is 2. The number of nitrogens with one attached hydrogen (secondary N) is 2. The zero-order chi connectivity index (χ0) is 15.5. The second kappa shape index (κ2) is 6.11. The van der Waals surface area contributed by atoms with Crippen LogP contribution in [0.4, 0.5) is 10.7 Å². The van der Waals surface area contributed by atoms with Gasteiger partial charge < -0.3 is 10.4 Å². The zero-order valence-electron chi connectivity index (χ0n) is 12.3. The standard InChI is InChI=1S/C13H21N5O3/c1-3-9-4-6-13(7-5-9,10(19)20)17-12(21)16-11-14-8-15-18(11)2/h8-9H,3-7H2,1-2H3,(H,19,20)(H2,14,15,16,17,21). The van der Waals surface area contributed by atoms with Crippen LogP contribution < -0.4 is 10.6 Å². The Morgan fingerprint density at radius 1 is 1.48 bits per heavy atom. The maximum Gasteiger partial charge on any atom is 0.329 e. The molecule has 2 rings (SSSR count). The van der Waals surface area contributed by atoms with Crippen LogP contribution in [0, 0.1) is 5.92 Å². The van der Waals surface area contributed by atoms with E-state index >= 15 is 0 Å². The molecule has 1 aliphatic rings. The van der Waals surface area contributed by atoms with E-state index < -0.39 is 17.5 Å². The van der Waals surface area contributed by atoms with E-state index in [1.165, 1.54) is 11.0 Å². The van der Waals surface area contributed by atoms with Crippen molar-refractivity contribution < 1.29 is 14.7 Å². The van der Waals surface area contributed by atoms with Crippen molar-refractivity contribution in [1.82, 2.24) is 20.1 Å². The molecule has 2 amide bonds. The van der Waals surface area contributed by atoms with E-state index in [1.54, 1.807) is 7.05 Å². The first-order valence-electron chi connectivity index (χ1n) is 7.13. The Kier molecular flexibility index (Phi) is 4.44. The normalized spacial score (nSPS) is 25.3. The molecule has 0 aromatic carbocycles. The lowest BCUT2D eigenvalue weighted by atomic mass is 9.75. The summed E-state index contributed by atoms with van der Waals surface area (Å²) in [5.41, 5.74) is -1.19. The number of carboxylic acids is 1. The summed E-state index contributed by atoms with van der Waals surface area (Å²) in [7, 11) is 1.64. The van der Waals surface area contributed by atoms with E-state index in [0.717, 1.165) is 19.3 Å². The smallest absolute Gasteiger partial charge is 0.329 e. The fourth-order valence-corrected chi connectivity index (χ4v) is 2.73. The largest absolute Gasteiger partial charge is 0.480 e. The summed E-state index contributed by atoms with van der Waals surface area (Å²) in [5.74, 6) is -0.165. The molecule has 1 saturated carbocycles. The summed E-state index contributed by atoms with van der Waals surface area (Å²) in [5, 5.41) is 18.5. The van der Waals surface area contributed by atoms with E-state index in [2.05, 4.69) is 27.6 Å². The Balaban J connectivity index is 2.02. The molecule has 1 fully saturated rings. The lowest BCUT2D eigenvalue weighted by Gasteiger charge is -2.37. The number of hydrogen-bond acceptors (Lipinski definition) is 4. The van der Waals surface area contributed by atoms with Crippen molar-refractivity contribution in [2.75, 3.05) is 5.32 Å². The number of amides is 2. The highest BCUT2D eigenvalue weighted by Crippen LogP contribution is 2.34. The lowest BCUT2D eigenvalue weighted by Crippen LogP contribution is -2.57. The minimum Gasteiger partial charge on any atom is -0.480 e. The van der Waals surface area contributed by atoms with Crippen LogP contribution in [-0.4, -0.2) is 37.4 Å². The maximum atomic E-state index is 12.0. The average Bonchev–Trinajstić information content (AvgIpc) is 2.84. The van der Waals surface area contributed by atoms with E-state index in [4.69, 9.17) is 0 Å². The minimum absolute atomic E-state index is 0.273. The second-order valence-electron chi connectivity index (χ2n) is 5.53. The highest BCUT2D eigenvalue weighted by molar-refractivity contribution is 5.92. The molecule has 1 aromatic heterocycles. The summed E-state index contributed by atoms with van der Waals surface area (Å²) in [4.78, 5) is 27.5. The summed E-state index contributed by atoms with van der Waals surface area (Å²) >= 11 is 0. The molecule has 1 heterocycles. The number of anilines is 1. The molecule has 1 aromatic rings. The third-order valence-corrected chi connectivity index (χ3v) is 4.23. The lowest BCUT2D eigenvalue weighted by molar-refractivity contribution is -0.146. The fourth-order valence-electron chi connectivity index (χ4n) is 2.73. The summed E-state index contributed by atoms with van der Waals surface area (Å²) in [6.07, 6.45) is 4.89. The molecule has 1 aliphatic carbocycles. The summed E-state index contributed by atoms with van der Waals surface area (Å²) in [6, 6.07) is -0.566. The van der Waals surface area contributed by atoms with Crippen LogP contribution in [0.15, 0.2) is 6.33 Å². The third-order valence-electron chi connectivity index (χ3n) is 4.23. The molecule has 0 unspecified atom stereocenters. The van der Waals surface area contributed by atoms with Crippen molar-refractivity contribution in [2.24, 2.45) is 13.0 Å². The SMILES string of the molecule is CCC1CCC(NC(=O)Nc2ncnn2C)(C(=O)O)CC1. The highest BCUT2D eigenvalue weighted by Gasteiger charge is 2.43. The van der Waals surface area contributed by atoms with Gasteiger partial charge in [-0.1, -0.05) is 13.3 Å². The van der Waals surface area contributed by atoms with Crippen LogP contribution in [0.2, 0.25) is 0 Å². The van der Waals surface area contributed by atoms with Crippen LogP contribution in [0.5, 0.6) is 0 Å². The first kappa shape index (κ1) is 15.3. The number of urea groups is 1. The number of hydrogen-bond donors (Lipinski definition) is 3. The van der Waals surface area contributed by atoms with Crippen molar-refractivity contribution >= 4 is 17.9 Å². The van der Waals surface area contributed by atoms with Crippen molar-refractivity contribution in [1.29, 1.82) is 0 Å². The molecule has 21 heavy (non-hydrogen) atoms. The van der Waals surface area contributed by atoms with E-state index in [9.17, 15) is 14.7 Å². The molecule has 0 bridgehead atoms. The number of aryl methyl sites for hydroxylation is 1. The van der Waals surface area contributed by atoms with E-state index in [1.807, 2.05) is 0 Å². The molecule has 0 aliphatic heterocycles. The Bertz CT molecular complexity index is 520. The van der Waals surface area contributed by atoms with Crippen molar-refractivity contribution in [2.45, 2.75) is 44.6 Å². The Hall–Kier alpha value is -2.12. The number of nitrogens with zero attached hydrogens (tertiary/aromatic N) is 3. The van der Waals surface area contributed by atoms with Gasteiger partial charge >= 0.3 is 12.0 Å². The maximum absolute atomic E-state index is 12.0. The van der Waals surface area contributed by atoms with Gasteiger partial charge in [0.2, 0.25) is 5.95 Å². The van der Waals surface area contributed by atoms with Crippen LogP contribution in [0.25, 0.3) is 0 Å². The van der Waals surface area contributed by atoms with Crippen molar-refractivity contribution in [3.8, 4) is 0 Å². The second-order valence-corrected chi connectivity index (χ2v) is 5.53. The van der Waals surface area contributed by atoms with Gasteiger partial charge in [0.25, 0.3) is 0 Å². The van der Waals surface area contributed by atoms with Gasteiger partial charge in [0.05, 0.1) is 0 Å². The highest BCUT2D eigenvalue weighted by atomic mass is 16.4. The Labute approximate surface area is 122 Å². The van der Waals surface area contributed by atoms with Crippen LogP contribution >= 0.6 is 0 Å². The predicted octanol–water partition coefficient (Wildman–Crippen LogP) is 1.36. The molecular weight excluding hydrogens is 274 g/mol. The fraction of sp³-hybridized carbons (Fsp3) is 0.692. The van der Waals surface area contributed by atoms with Gasteiger partial charge in [0.1, 0.15) is 11.9 Å². The molecule has 8 heteroatoms. The van der Waals surface area contributed by atoms with Gasteiger partial charge in [-0.05, 0) is 31.6 Å². The van der Waals surface area contributed by atoms with Gasteiger partial charge in [0, 0.05) is 7.05 Å². The van der Waals surface area contributed by atoms with Gasteiger partial charge in [-0.3, -0.25) is 5.32 Å². The number of aliphatic carboxylic acids is 1. The third kappa shape index (κ3) is 3.32. The molecule has 0 saturated heterocycles. The molecule has 116 valence electrons. The average molecular weight is 295 g/mol. The first-order chi connectivity index (χ1) is 9.97. The van der Waals surface area contributed by atoms with Crippen LogP contribution in [-0.2, 0) is 11.8 Å². The number of carboxylic acid groups (broad SMARTS) is 1. The van der Waals surface area contributed by atoms with E-state index in [0.29, 0.717) is 18.8 Å². The molecule has 0 atom stereocenters. The molecule has 0 radical (unpaired) electrons. The van der Waals surface area contributed by atoms with Crippen molar-refractivity contribution in [3.05, 3.63) is 6.33 Å². The summed E-state index contributed by atoms with van der Waals surface area (Å²) < 4.78 is 1.40. The number of aromatic nitrogens is 3. The molecule has 3 N–H and O–H groups in total. The quantitative estimate of drug-likeness (QED) is 0.777.